The number of rotatable bonds is 8. The molecule has 0 aromatic carbocycles. The molecule has 7 heteroatoms. The summed E-state index contributed by atoms with van der Waals surface area (Å²) < 4.78 is 43.9. The van der Waals surface area contributed by atoms with Crippen molar-refractivity contribution in [2.45, 2.75) is 25.9 Å². The highest BCUT2D eigenvalue weighted by Crippen LogP contribution is 2.32. The average molecular weight is 305 g/mol. The van der Waals surface area contributed by atoms with Crippen molar-refractivity contribution in [3.05, 3.63) is 17.7 Å². The largest absolute Gasteiger partial charge is 0.478 e. The van der Waals surface area contributed by atoms with Crippen molar-refractivity contribution in [3.63, 3.8) is 0 Å². The van der Waals surface area contributed by atoms with Gasteiger partial charge in [0, 0.05) is 19.2 Å². The number of nitrogens with one attached hydrogen (secondary N) is 1. The SMILES string of the molecule is CCCNc1cc(C(F)(F)F)cc(OCCCN(C)C)n1. The third-order valence-electron chi connectivity index (χ3n) is 2.68. The van der Waals surface area contributed by atoms with Crippen LogP contribution >= 0.6 is 0 Å². The van der Waals surface area contributed by atoms with Crippen LogP contribution in [-0.4, -0.2) is 43.7 Å². The van der Waals surface area contributed by atoms with Crippen LogP contribution in [0.2, 0.25) is 0 Å². The second-order valence-corrected chi connectivity index (χ2v) is 5.01. The lowest BCUT2D eigenvalue weighted by atomic mass is 10.2. The molecule has 21 heavy (non-hydrogen) atoms. The van der Waals surface area contributed by atoms with Gasteiger partial charge in [0.1, 0.15) is 5.82 Å². The Morgan fingerprint density at radius 3 is 2.57 bits per heavy atom. The lowest BCUT2D eigenvalue weighted by Crippen LogP contribution is -2.16. The molecule has 1 heterocycles. The van der Waals surface area contributed by atoms with E-state index >= 15 is 0 Å². The van der Waals surface area contributed by atoms with Gasteiger partial charge in [-0.1, -0.05) is 6.92 Å². The molecule has 0 bridgehead atoms. The summed E-state index contributed by atoms with van der Waals surface area (Å²) in [6.07, 6.45) is -2.88. The highest BCUT2D eigenvalue weighted by Gasteiger charge is 2.32. The van der Waals surface area contributed by atoms with Crippen LogP contribution in [0.5, 0.6) is 5.88 Å². The van der Waals surface area contributed by atoms with Gasteiger partial charge < -0.3 is 15.0 Å². The maximum Gasteiger partial charge on any atom is 0.416 e. The predicted octanol–water partition coefficient (Wildman–Crippen LogP) is 3.25. The minimum atomic E-state index is -4.41. The van der Waals surface area contributed by atoms with Crippen molar-refractivity contribution in [1.82, 2.24) is 9.88 Å². The molecule has 0 amide bonds. The Kier molecular flexibility index (Phi) is 6.74. The Balaban J connectivity index is 2.76. The summed E-state index contributed by atoms with van der Waals surface area (Å²) >= 11 is 0. The first-order chi connectivity index (χ1) is 9.82. The summed E-state index contributed by atoms with van der Waals surface area (Å²) in [5.41, 5.74) is -0.751. The predicted molar refractivity (Wildman–Crippen MR) is 76.7 cm³/mol. The van der Waals surface area contributed by atoms with Crippen LogP contribution in [-0.2, 0) is 6.18 Å². The van der Waals surface area contributed by atoms with E-state index in [1.54, 1.807) is 0 Å². The first-order valence-corrected chi connectivity index (χ1v) is 6.93. The molecule has 0 atom stereocenters. The average Bonchev–Trinajstić information content (AvgIpc) is 2.40. The van der Waals surface area contributed by atoms with Crippen LogP contribution in [0.15, 0.2) is 12.1 Å². The van der Waals surface area contributed by atoms with Crippen molar-refractivity contribution in [3.8, 4) is 5.88 Å². The Morgan fingerprint density at radius 1 is 1.29 bits per heavy atom. The molecule has 0 radical (unpaired) electrons. The number of hydrogen-bond acceptors (Lipinski definition) is 4. The van der Waals surface area contributed by atoms with E-state index in [4.69, 9.17) is 4.74 Å². The highest BCUT2D eigenvalue weighted by molar-refractivity contribution is 5.42. The van der Waals surface area contributed by atoms with Crippen molar-refractivity contribution >= 4 is 5.82 Å². The first kappa shape index (κ1) is 17.6. The quantitative estimate of drug-likeness (QED) is 0.748. The molecule has 0 aliphatic heterocycles. The molecule has 1 aromatic rings. The molecule has 0 spiro atoms. The lowest BCUT2D eigenvalue weighted by Gasteiger charge is -2.14. The minimum absolute atomic E-state index is 0.00202. The maximum absolute atomic E-state index is 12.8. The van der Waals surface area contributed by atoms with Crippen LogP contribution in [0.4, 0.5) is 19.0 Å². The van der Waals surface area contributed by atoms with E-state index in [-0.39, 0.29) is 11.7 Å². The van der Waals surface area contributed by atoms with Gasteiger partial charge in [-0.2, -0.15) is 18.2 Å². The van der Waals surface area contributed by atoms with E-state index in [2.05, 4.69) is 10.3 Å². The number of nitrogens with zero attached hydrogens (tertiary/aromatic N) is 2. The Morgan fingerprint density at radius 2 is 2.00 bits per heavy atom. The molecular weight excluding hydrogens is 283 g/mol. The zero-order valence-corrected chi connectivity index (χ0v) is 12.6. The Hall–Kier alpha value is -1.50. The lowest BCUT2D eigenvalue weighted by molar-refractivity contribution is -0.137. The third kappa shape index (κ3) is 6.66. The number of halogens is 3. The summed E-state index contributed by atoms with van der Waals surface area (Å²) in [4.78, 5) is 6.04. The number of aromatic nitrogens is 1. The van der Waals surface area contributed by atoms with E-state index < -0.39 is 11.7 Å². The number of alkyl halides is 3. The van der Waals surface area contributed by atoms with Crippen LogP contribution in [0.3, 0.4) is 0 Å². The van der Waals surface area contributed by atoms with Crippen molar-refractivity contribution in [2.75, 3.05) is 39.1 Å². The monoisotopic (exact) mass is 305 g/mol. The molecule has 0 saturated heterocycles. The van der Waals surface area contributed by atoms with Gasteiger partial charge in [-0.3, -0.25) is 0 Å². The fourth-order valence-electron chi connectivity index (χ4n) is 1.64. The summed E-state index contributed by atoms with van der Waals surface area (Å²) in [5.74, 6) is 0.191. The maximum atomic E-state index is 12.8. The van der Waals surface area contributed by atoms with Crippen molar-refractivity contribution < 1.29 is 17.9 Å². The van der Waals surface area contributed by atoms with Gasteiger partial charge >= 0.3 is 6.18 Å². The Bertz CT molecular complexity index is 436. The second kappa shape index (κ2) is 8.07. The summed E-state index contributed by atoms with van der Waals surface area (Å²) in [6, 6.07) is 1.94. The first-order valence-electron chi connectivity index (χ1n) is 6.93. The number of pyridine rings is 1. The van der Waals surface area contributed by atoms with Gasteiger partial charge in [0.05, 0.1) is 12.2 Å². The van der Waals surface area contributed by atoms with E-state index in [0.717, 1.165) is 31.5 Å². The van der Waals surface area contributed by atoms with E-state index in [9.17, 15) is 13.2 Å². The molecule has 120 valence electrons. The highest BCUT2D eigenvalue weighted by atomic mass is 19.4. The van der Waals surface area contributed by atoms with E-state index in [1.165, 1.54) is 0 Å². The van der Waals surface area contributed by atoms with Crippen LogP contribution in [0, 0.1) is 0 Å². The number of ether oxygens (including phenoxy) is 1. The fourth-order valence-corrected chi connectivity index (χ4v) is 1.64. The van der Waals surface area contributed by atoms with Crippen LogP contribution in [0.25, 0.3) is 0 Å². The van der Waals surface area contributed by atoms with Crippen molar-refractivity contribution in [1.29, 1.82) is 0 Å². The van der Waals surface area contributed by atoms with E-state index in [1.807, 2.05) is 25.9 Å². The Labute approximate surface area is 123 Å². The van der Waals surface area contributed by atoms with Gasteiger partial charge in [0.15, 0.2) is 0 Å². The number of anilines is 1. The molecule has 0 saturated carbocycles. The summed E-state index contributed by atoms with van der Waals surface area (Å²) in [6.45, 7) is 3.63. The molecule has 4 nitrogen and oxygen atoms in total. The molecule has 1 rings (SSSR count). The minimum Gasteiger partial charge on any atom is -0.478 e. The molecular formula is C14H22F3N3O. The molecule has 1 aromatic heterocycles. The van der Waals surface area contributed by atoms with Crippen LogP contribution < -0.4 is 10.1 Å². The molecule has 1 N–H and O–H groups in total. The zero-order valence-electron chi connectivity index (χ0n) is 12.6. The standard InChI is InChI=1S/C14H22F3N3O/c1-4-6-18-12-9-11(14(15,16)17)10-13(19-12)21-8-5-7-20(2)3/h9-10H,4-8H2,1-3H3,(H,18,19). The summed E-state index contributed by atoms with van der Waals surface area (Å²) in [5, 5.41) is 2.86. The van der Waals surface area contributed by atoms with Crippen molar-refractivity contribution in [2.24, 2.45) is 0 Å². The normalized spacial score (nSPS) is 11.8. The van der Waals surface area contributed by atoms with E-state index in [0.29, 0.717) is 13.2 Å². The fraction of sp³-hybridized carbons (Fsp3) is 0.643. The molecule has 0 aliphatic rings. The van der Waals surface area contributed by atoms with Gasteiger partial charge in [-0.15, -0.1) is 0 Å². The topological polar surface area (TPSA) is 37.4 Å². The molecule has 0 aliphatic carbocycles. The third-order valence-corrected chi connectivity index (χ3v) is 2.68. The zero-order chi connectivity index (χ0) is 15.9. The summed E-state index contributed by atoms with van der Waals surface area (Å²) in [7, 11) is 3.85. The molecule has 0 unspecified atom stereocenters. The van der Waals surface area contributed by atoms with Crippen LogP contribution in [0.1, 0.15) is 25.3 Å². The van der Waals surface area contributed by atoms with Gasteiger partial charge in [-0.25, -0.2) is 0 Å². The van der Waals surface area contributed by atoms with Gasteiger partial charge in [0.25, 0.3) is 0 Å². The second-order valence-electron chi connectivity index (χ2n) is 5.01. The van der Waals surface area contributed by atoms with Gasteiger partial charge in [-0.05, 0) is 33.0 Å². The van der Waals surface area contributed by atoms with Gasteiger partial charge in [0.2, 0.25) is 5.88 Å². The molecule has 0 fully saturated rings. The number of hydrogen-bond donors (Lipinski definition) is 1. The smallest absolute Gasteiger partial charge is 0.416 e.